The molecule has 0 aliphatic carbocycles. The van der Waals surface area contributed by atoms with Gasteiger partial charge in [0.1, 0.15) is 5.54 Å². The molecule has 0 saturated carbocycles. The van der Waals surface area contributed by atoms with E-state index in [-0.39, 0.29) is 12.0 Å². The van der Waals surface area contributed by atoms with Gasteiger partial charge >= 0.3 is 5.97 Å². The molecule has 0 heterocycles. The first kappa shape index (κ1) is 20.7. The largest absolute Gasteiger partial charge is 0.487 e. The third-order valence-electron chi connectivity index (χ3n) is 4.14. The lowest BCUT2D eigenvalue weighted by molar-refractivity contribution is -0.143. The highest BCUT2D eigenvalue weighted by Gasteiger charge is 2.31. The second-order valence-electron chi connectivity index (χ2n) is 6.65. The van der Waals surface area contributed by atoms with E-state index in [0.29, 0.717) is 0 Å². The van der Waals surface area contributed by atoms with E-state index >= 15 is 0 Å². The van der Waals surface area contributed by atoms with Crippen molar-refractivity contribution < 1.29 is 32.2 Å². The fraction of sp³-hybridized carbons (Fsp3) is 0.316. The normalized spacial score (nSPS) is 14.5. The Bertz CT molecular complexity index is 884. The number of benzene rings is 2. The summed E-state index contributed by atoms with van der Waals surface area (Å²) in [4.78, 5) is 11.0. The predicted molar refractivity (Wildman–Crippen MR) is 91.4 cm³/mol. The molecule has 2 unspecified atom stereocenters. The van der Waals surface area contributed by atoms with Crippen LogP contribution in [-0.2, 0) is 4.79 Å². The average molecular weight is 385 g/mol. The molecule has 2 aromatic rings. The van der Waals surface area contributed by atoms with Crippen molar-refractivity contribution >= 4 is 5.97 Å². The van der Waals surface area contributed by atoms with E-state index in [9.17, 15) is 22.4 Å². The Morgan fingerprint density at radius 1 is 1.07 bits per heavy atom. The van der Waals surface area contributed by atoms with Crippen molar-refractivity contribution in [3.8, 4) is 16.9 Å². The molecule has 27 heavy (non-hydrogen) atoms. The van der Waals surface area contributed by atoms with E-state index in [1.54, 1.807) is 0 Å². The number of rotatable bonds is 6. The standard InChI is InChI=1S/C19H19F4NO3/c1-9-4-5-11(15(21)14(9)20)12-6-7-13(17(23)16(12)22)27-10(2)8-19(3,24)18(25)26/h4-7,10H,8,24H2,1-3H3,(H,25,26). The number of carboxylic acids is 1. The molecule has 0 bridgehead atoms. The summed E-state index contributed by atoms with van der Waals surface area (Å²) in [6.07, 6.45) is -1.01. The Morgan fingerprint density at radius 3 is 2.15 bits per heavy atom. The Kier molecular flexibility index (Phi) is 5.79. The topological polar surface area (TPSA) is 72.5 Å². The van der Waals surface area contributed by atoms with Gasteiger partial charge in [-0.05, 0) is 38.5 Å². The maximum Gasteiger partial charge on any atom is 0.323 e. The first-order valence-corrected chi connectivity index (χ1v) is 8.07. The number of halogens is 4. The fourth-order valence-electron chi connectivity index (χ4n) is 2.63. The van der Waals surface area contributed by atoms with Crippen molar-refractivity contribution in [1.29, 1.82) is 0 Å². The van der Waals surface area contributed by atoms with Gasteiger partial charge in [-0.15, -0.1) is 0 Å². The van der Waals surface area contributed by atoms with Gasteiger partial charge in [0.2, 0.25) is 5.82 Å². The third kappa shape index (κ3) is 4.21. The second kappa shape index (κ2) is 7.56. The van der Waals surface area contributed by atoms with Crippen LogP contribution in [0.5, 0.6) is 5.75 Å². The molecule has 0 amide bonds. The lowest BCUT2D eigenvalue weighted by atomic mass is 9.96. The number of carbonyl (C=O) groups is 1. The van der Waals surface area contributed by atoms with Crippen LogP contribution >= 0.6 is 0 Å². The minimum atomic E-state index is -1.61. The maximum absolute atomic E-state index is 14.4. The van der Waals surface area contributed by atoms with E-state index < -0.39 is 57.8 Å². The Morgan fingerprint density at radius 2 is 1.59 bits per heavy atom. The van der Waals surface area contributed by atoms with Crippen LogP contribution in [0.15, 0.2) is 24.3 Å². The third-order valence-corrected chi connectivity index (χ3v) is 4.14. The number of nitrogens with two attached hydrogens (primary N) is 1. The summed E-state index contributed by atoms with van der Waals surface area (Å²) >= 11 is 0. The van der Waals surface area contributed by atoms with Crippen molar-refractivity contribution in [1.82, 2.24) is 0 Å². The van der Waals surface area contributed by atoms with Gasteiger partial charge < -0.3 is 15.6 Å². The summed E-state index contributed by atoms with van der Waals surface area (Å²) in [5, 5.41) is 9.00. The SMILES string of the molecule is Cc1ccc(-c2ccc(OC(C)CC(C)(N)C(=O)O)c(F)c2F)c(F)c1F. The van der Waals surface area contributed by atoms with Crippen LogP contribution in [-0.4, -0.2) is 22.7 Å². The summed E-state index contributed by atoms with van der Waals surface area (Å²) in [5.41, 5.74) is 3.14. The number of aliphatic carboxylic acids is 1. The zero-order chi connectivity index (χ0) is 20.5. The van der Waals surface area contributed by atoms with Crippen LogP contribution in [0, 0.1) is 30.2 Å². The fourth-order valence-corrected chi connectivity index (χ4v) is 2.63. The van der Waals surface area contributed by atoms with Crippen molar-refractivity contribution in [3.05, 3.63) is 53.1 Å². The number of carboxylic acid groups (broad SMARTS) is 1. The van der Waals surface area contributed by atoms with E-state index in [1.807, 2.05) is 0 Å². The smallest absolute Gasteiger partial charge is 0.323 e. The van der Waals surface area contributed by atoms with Gasteiger partial charge in [-0.25, -0.2) is 13.2 Å². The van der Waals surface area contributed by atoms with Crippen LogP contribution in [0.4, 0.5) is 17.6 Å². The maximum atomic E-state index is 14.4. The van der Waals surface area contributed by atoms with Gasteiger partial charge in [0.05, 0.1) is 6.10 Å². The van der Waals surface area contributed by atoms with E-state index in [0.717, 1.165) is 18.2 Å². The van der Waals surface area contributed by atoms with Crippen LogP contribution in [0.3, 0.4) is 0 Å². The van der Waals surface area contributed by atoms with E-state index in [4.69, 9.17) is 15.6 Å². The number of hydrogen-bond donors (Lipinski definition) is 2. The molecule has 0 aliphatic rings. The van der Waals surface area contributed by atoms with Crippen LogP contribution in [0.2, 0.25) is 0 Å². The molecule has 0 fully saturated rings. The predicted octanol–water partition coefficient (Wildman–Crippen LogP) is 4.18. The van der Waals surface area contributed by atoms with Crippen LogP contribution in [0.1, 0.15) is 25.8 Å². The highest BCUT2D eigenvalue weighted by molar-refractivity contribution is 5.77. The molecule has 0 spiro atoms. The number of aryl methyl sites for hydroxylation is 1. The minimum absolute atomic E-state index is 0.0363. The molecule has 0 aromatic heterocycles. The molecule has 0 aliphatic heterocycles. The Hall–Kier alpha value is -2.61. The van der Waals surface area contributed by atoms with Crippen molar-refractivity contribution in [2.75, 3.05) is 0 Å². The summed E-state index contributed by atoms with van der Waals surface area (Å²) in [6.45, 7) is 4.07. The minimum Gasteiger partial charge on any atom is -0.487 e. The lowest BCUT2D eigenvalue weighted by Gasteiger charge is -2.24. The molecule has 2 atom stereocenters. The molecule has 4 nitrogen and oxygen atoms in total. The Balaban J connectivity index is 2.33. The molecule has 0 saturated heterocycles. The zero-order valence-electron chi connectivity index (χ0n) is 14.9. The quantitative estimate of drug-likeness (QED) is 0.732. The van der Waals surface area contributed by atoms with Gasteiger partial charge in [0.15, 0.2) is 23.2 Å². The summed E-state index contributed by atoms with van der Waals surface area (Å²) in [6, 6.07) is 4.54. The average Bonchev–Trinajstić information content (AvgIpc) is 2.57. The first-order chi connectivity index (χ1) is 12.5. The molecule has 3 N–H and O–H groups in total. The van der Waals surface area contributed by atoms with Gasteiger partial charge in [0.25, 0.3) is 0 Å². The second-order valence-corrected chi connectivity index (χ2v) is 6.65. The van der Waals surface area contributed by atoms with Gasteiger partial charge in [-0.3, -0.25) is 4.79 Å². The van der Waals surface area contributed by atoms with E-state index in [1.165, 1.54) is 26.8 Å². The van der Waals surface area contributed by atoms with Gasteiger partial charge in [-0.1, -0.05) is 12.1 Å². The molecule has 0 radical (unpaired) electrons. The summed E-state index contributed by atoms with van der Waals surface area (Å²) < 4.78 is 61.8. The van der Waals surface area contributed by atoms with Crippen molar-refractivity contribution in [2.24, 2.45) is 5.73 Å². The molecule has 146 valence electrons. The van der Waals surface area contributed by atoms with Gasteiger partial charge in [0, 0.05) is 17.5 Å². The monoisotopic (exact) mass is 385 g/mol. The lowest BCUT2D eigenvalue weighted by Crippen LogP contribution is -2.47. The molecular formula is C19H19F4NO3. The van der Waals surface area contributed by atoms with Crippen LogP contribution in [0.25, 0.3) is 11.1 Å². The van der Waals surface area contributed by atoms with Crippen molar-refractivity contribution in [3.63, 3.8) is 0 Å². The van der Waals surface area contributed by atoms with Crippen molar-refractivity contribution in [2.45, 2.75) is 38.8 Å². The molecule has 8 heteroatoms. The first-order valence-electron chi connectivity index (χ1n) is 8.07. The number of hydrogen-bond acceptors (Lipinski definition) is 3. The highest BCUT2D eigenvalue weighted by Crippen LogP contribution is 2.33. The zero-order valence-corrected chi connectivity index (χ0v) is 14.9. The number of ether oxygens (including phenoxy) is 1. The molecule has 2 aromatic carbocycles. The summed E-state index contributed by atoms with van der Waals surface area (Å²) in [7, 11) is 0. The Labute approximate surface area is 153 Å². The highest BCUT2D eigenvalue weighted by atomic mass is 19.2. The van der Waals surface area contributed by atoms with Crippen LogP contribution < -0.4 is 10.5 Å². The van der Waals surface area contributed by atoms with Gasteiger partial charge in [-0.2, -0.15) is 4.39 Å². The molecular weight excluding hydrogens is 366 g/mol. The molecule has 2 rings (SSSR count). The van der Waals surface area contributed by atoms with E-state index in [2.05, 4.69) is 0 Å². The summed E-state index contributed by atoms with van der Waals surface area (Å²) in [5.74, 6) is -6.98.